The van der Waals surface area contributed by atoms with Gasteiger partial charge in [-0.25, -0.2) is 0 Å². The summed E-state index contributed by atoms with van der Waals surface area (Å²) in [6, 6.07) is 0. The van der Waals surface area contributed by atoms with E-state index >= 15 is 0 Å². The number of hydrogen-bond donors (Lipinski definition) is 1. The molecule has 0 aromatic rings. The number of hydrogen-bond acceptors (Lipinski definition) is 1. The Morgan fingerprint density at radius 2 is 1.89 bits per heavy atom. The van der Waals surface area contributed by atoms with Gasteiger partial charge in [0.05, 0.1) is 13.3 Å². The van der Waals surface area contributed by atoms with Gasteiger partial charge >= 0.3 is 0 Å². The quantitative estimate of drug-likeness (QED) is 0.424. The topological polar surface area (TPSA) is 12.0 Å². The maximum absolute atomic E-state index is 3.75. The lowest BCUT2D eigenvalue weighted by Gasteiger charge is -1.98. The van der Waals surface area contributed by atoms with Crippen LogP contribution < -0.4 is 5.32 Å². The van der Waals surface area contributed by atoms with Gasteiger partial charge in [0.15, 0.2) is 0 Å². The zero-order valence-electron chi connectivity index (χ0n) is 6.16. The molecule has 0 aliphatic carbocycles. The van der Waals surface area contributed by atoms with Crippen molar-refractivity contribution in [2.24, 2.45) is 0 Å². The molecule has 0 fully saturated rings. The second kappa shape index (κ2) is 7.83. The maximum atomic E-state index is 3.75. The van der Waals surface area contributed by atoms with Crippen LogP contribution in [0.25, 0.3) is 0 Å². The first-order valence-corrected chi connectivity index (χ1v) is 3.71. The molecule has 1 radical (unpaired) electrons. The minimum Gasteiger partial charge on any atom is -0.317 e. The molecule has 0 heterocycles. The highest BCUT2D eigenvalue weighted by atomic mass is 14.8. The molecule has 0 unspecified atom stereocenters. The average Bonchev–Trinajstić information content (AvgIpc) is 1.89. The molecular formula is C8H17N+. The highest BCUT2D eigenvalue weighted by molar-refractivity contribution is 4.50. The van der Waals surface area contributed by atoms with E-state index in [9.17, 15) is 0 Å². The summed E-state index contributed by atoms with van der Waals surface area (Å²) in [4.78, 5) is 0. The molecule has 0 saturated heterocycles. The fourth-order valence-electron chi connectivity index (χ4n) is 0.625. The minimum atomic E-state index is 1.04. The molecule has 0 aromatic heterocycles. The Hall–Kier alpha value is -0.170. The van der Waals surface area contributed by atoms with E-state index in [0.717, 1.165) is 25.9 Å². The Morgan fingerprint density at radius 3 is 2.44 bits per heavy atom. The van der Waals surface area contributed by atoms with E-state index in [1.54, 1.807) is 0 Å². The van der Waals surface area contributed by atoms with Crippen molar-refractivity contribution in [1.29, 1.82) is 0 Å². The molecule has 0 amide bonds. The Bertz CT molecular complexity index is 37.8. The summed E-state index contributed by atoms with van der Waals surface area (Å²) < 4.78 is 0. The summed E-state index contributed by atoms with van der Waals surface area (Å²) in [6.07, 6.45) is 4.46. The third kappa shape index (κ3) is 7.83. The van der Waals surface area contributed by atoms with Crippen LogP contribution in [0.3, 0.4) is 0 Å². The lowest BCUT2D eigenvalue weighted by Crippen LogP contribution is -2.15. The monoisotopic (exact) mass is 127 g/mol. The fourth-order valence-corrected chi connectivity index (χ4v) is 0.625. The van der Waals surface area contributed by atoms with Gasteiger partial charge in [0.2, 0.25) is 0 Å². The first-order valence-electron chi connectivity index (χ1n) is 3.71. The fraction of sp³-hybridized carbons (Fsp3) is 0.750. The molecular weight excluding hydrogens is 110 g/mol. The Morgan fingerprint density at radius 1 is 1.22 bits per heavy atom. The summed E-state index contributed by atoms with van der Waals surface area (Å²) in [7, 11) is 0. The van der Waals surface area contributed by atoms with E-state index < -0.39 is 0 Å². The van der Waals surface area contributed by atoms with Crippen molar-refractivity contribution in [1.82, 2.24) is 5.32 Å². The third-order valence-corrected chi connectivity index (χ3v) is 1.21. The van der Waals surface area contributed by atoms with E-state index in [2.05, 4.69) is 19.2 Å². The van der Waals surface area contributed by atoms with Crippen LogP contribution in [0.4, 0.5) is 0 Å². The van der Waals surface area contributed by atoms with Crippen molar-refractivity contribution in [3.8, 4) is 0 Å². The van der Waals surface area contributed by atoms with Crippen LogP contribution in [-0.2, 0) is 0 Å². The van der Waals surface area contributed by atoms with Crippen LogP contribution in [0.1, 0.15) is 25.7 Å². The summed E-state index contributed by atoms with van der Waals surface area (Å²) in [5, 5.41) is 3.31. The second-order valence-corrected chi connectivity index (χ2v) is 2.16. The Kier molecular flexibility index (Phi) is 7.68. The second-order valence-electron chi connectivity index (χ2n) is 2.16. The predicted molar refractivity (Wildman–Crippen MR) is 42.1 cm³/mol. The van der Waals surface area contributed by atoms with Gasteiger partial charge in [-0.3, -0.25) is 0 Å². The van der Waals surface area contributed by atoms with E-state index in [0.29, 0.717) is 0 Å². The third-order valence-electron chi connectivity index (χ3n) is 1.21. The van der Waals surface area contributed by atoms with Crippen LogP contribution in [0.5, 0.6) is 0 Å². The zero-order valence-corrected chi connectivity index (χ0v) is 6.16. The molecule has 0 atom stereocenters. The predicted octanol–water partition coefficient (Wildman–Crippen LogP) is 1.80. The van der Waals surface area contributed by atoms with E-state index in [4.69, 9.17) is 0 Å². The van der Waals surface area contributed by atoms with Gasteiger partial charge in [-0.15, -0.1) is 0 Å². The van der Waals surface area contributed by atoms with Gasteiger partial charge in [0.25, 0.3) is 0 Å². The summed E-state index contributed by atoms with van der Waals surface area (Å²) in [6.45, 7) is 9.73. The van der Waals surface area contributed by atoms with E-state index in [1.165, 1.54) is 12.8 Å². The van der Waals surface area contributed by atoms with Crippen LogP contribution in [-0.4, -0.2) is 13.1 Å². The SMILES string of the molecule is [CH2]CCCNCCC[CH2+]. The number of unbranched alkanes of at least 4 members (excludes halogenated alkanes) is 2. The van der Waals surface area contributed by atoms with Crippen LogP contribution in [0, 0.1) is 13.8 Å². The maximum Gasteiger partial charge on any atom is 0.0862 e. The Balaban J connectivity index is 2.60. The van der Waals surface area contributed by atoms with Gasteiger partial charge < -0.3 is 5.32 Å². The molecule has 0 aliphatic heterocycles. The van der Waals surface area contributed by atoms with Gasteiger partial charge in [-0.2, -0.15) is 0 Å². The molecule has 9 heavy (non-hydrogen) atoms. The van der Waals surface area contributed by atoms with E-state index in [1.807, 2.05) is 0 Å². The van der Waals surface area contributed by atoms with E-state index in [-0.39, 0.29) is 0 Å². The summed E-state index contributed by atoms with van der Waals surface area (Å²) >= 11 is 0. The molecule has 0 saturated carbocycles. The highest BCUT2D eigenvalue weighted by Crippen LogP contribution is 1.84. The molecule has 1 N–H and O–H groups in total. The van der Waals surface area contributed by atoms with Crippen molar-refractivity contribution in [2.75, 3.05) is 13.1 Å². The molecule has 0 aromatic carbocycles. The first kappa shape index (κ1) is 8.83. The average molecular weight is 127 g/mol. The first-order chi connectivity index (χ1) is 4.41. The van der Waals surface area contributed by atoms with Crippen molar-refractivity contribution in [2.45, 2.75) is 25.7 Å². The zero-order chi connectivity index (χ0) is 6.95. The molecule has 53 valence electrons. The number of rotatable bonds is 6. The summed E-state index contributed by atoms with van der Waals surface area (Å²) in [5.41, 5.74) is 0. The normalized spacial score (nSPS) is 9.89. The largest absolute Gasteiger partial charge is 0.317 e. The van der Waals surface area contributed by atoms with Crippen molar-refractivity contribution in [3.63, 3.8) is 0 Å². The van der Waals surface area contributed by atoms with Crippen LogP contribution in [0.2, 0.25) is 0 Å². The number of nitrogens with one attached hydrogen (secondary N) is 1. The highest BCUT2D eigenvalue weighted by Gasteiger charge is 1.85. The van der Waals surface area contributed by atoms with Crippen molar-refractivity contribution < 1.29 is 0 Å². The smallest absolute Gasteiger partial charge is 0.0862 e. The van der Waals surface area contributed by atoms with Gasteiger partial charge in [0, 0.05) is 0 Å². The minimum absolute atomic E-state index is 1.04. The molecule has 0 bridgehead atoms. The van der Waals surface area contributed by atoms with Crippen LogP contribution >= 0.6 is 0 Å². The van der Waals surface area contributed by atoms with Crippen molar-refractivity contribution in [3.05, 3.63) is 13.8 Å². The summed E-state index contributed by atoms with van der Waals surface area (Å²) in [5.74, 6) is 0. The molecule has 0 aliphatic rings. The van der Waals surface area contributed by atoms with Gasteiger partial charge in [-0.05, 0) is 25.9 Å². The Labute approximate surface area is 58.8 Å². The molecule has 1 nitrogen and oxygen atoms in total. The molecule has 0 spiro atoms. The van der Waals surface area contributed by atoms with Crippen LogP contribution in [0.15, 0.2) is 0 Å². The standard InChI is InChI=1S/C8H17N/c1-3-5-7-9-8-6-4-2/h9H,1-8H2/q+1. The lowest BCUT2D eigenvalue weighted by atomic mass is 10.3. The molecule has 0 rings (SSSR count). The lowest BCUT2D eigenvalue weighted by molar-refractivity contribution is 0.629. The van der Waals surface area contributed by atoms with Gasteiger partial charge in [-0.1, -0.05) is 13.3 Å². The molecule has 1 heteroatoms. The van der Waals surface area contributed by atoms with Gasteiger partial charge in [0.1, 0.15) is 0 Å². The van der Waals surface area contributed by atoms with Crippen molar-refractivity contribution >= 4 is 0 Å².